The Kier molecular flexibility index (Phi) is 17.1. The van der Waals surface area contributed by atoms with Gasteiger partial charge in [-0.25, -0.2) is 16.8 Å². The standard InChI is InChI=1S/C25H29ClN4O4S.C24H23ClF3N3O4S/c1-29(2)22-5-3-4-21(16-22)28-20-12-14-30(15-13-20)35(32,33)24-11-10-23(34-24)17-27-25(31)18-6-8-19(26)9-7-18;25-18-6-4-16(5-7-18)23(32)29-15-21-8-9-22(35-21)36(33,34)31-12-10-19(11-13-31)30-20-3-1-2-17(14-20)24(26,27)28/h3-11,16,20,28H,12-15,17H2,1-2H3,(H,27,31);1-9,14,19,30H,10-13,15H2,(H,29,32). The number of carbonyl (C=O) groups excluding carboxylic acids is 2. The van der Waals surface area contributed by atoms with Crippen LogP contribution in [0.15, 0.2) is 140 Å². The number of benzene rings is 4. The molecule has 0 saturated carbocycles. The number of amides is 2. The SMILES string of the molecule is CN(C)c1cccc(NC2CCN(S(=O)(=O)c3ccc(CNC(=O)c4ccc(Cl)cc4)o3)CC2)c1.O=C(NCc1ccc(S(=O)(=O)N2CCC(Nc3cccc(C(F)(F)F)c3)CC2)o1)c1ccc(Cl)cc1. The molecule has 378 valence electrons. The van der Waals surface area contributed by atoms with Gasteiger partial charge in [0.1, 0.15) is 11.5 Å². The molecule has 4 N–H and O–H groups in total. The number of nitrogens with zero attached hydrogens (tertiary/aromatic N) is 3. The minimum absolute atomic E-state index is 0.0000363. The molecule has 0 radical (unpaired) electrons. The maximum atomic E-state index is 13.1. The van der Waals surface area contributed by atoms with Crippen molar-refractivity contribution in [2.24, 2.45) is 0 Å². The summed E-state index contributed by atoms with van der Waals surface area (Å²) in [5.41, 5.74) is 2.58. The summed E-state index contributed by atoms with van der Waals surface area (Å²) >= 11 is 11.7. The van der Waals surface area contributed by atoms with Gasteiger partial charge in [-0.2, -0.15) is 21.8 Å². The van der Waals surface area contributed by atoms with Crippen LogP contribution < -0.4 is 26.2 Å². The molecule has 2 aliphatic heterocycles. The molecule has 15 nitrogen and oxygen atoms in total. The predicted molar refractivity (Wildman–Crippen MR) is 266 cm³/mol. The van der Waals surface area contributed by atoms with E-state index in [0.29, 0.717) is 71.4 Å². The highest BCUT2D eigenvalue weighted by Gasteiger charge is 2.34. The van der Waals surface area contributed by atoms with Crippen molar-refractivity contribution in [3.8, 4) is 0 Å². The molecule has 2 saturated heterocycles. The van der Waals surface area contributed by atoms with Crippen molar-refractivity contribution in [1.82, 2.24) is 19.2 Å². The van der Waals surface area contributed by atoms with Crippen molar-refractivity contribution < 1.29 is 48.4 Å². The van der Waals surface area contributed by atoms with Gasteiger partial charge in [0.05, 0.1) is 18.7 Å². The Labute approximate surface area is 420 Å². The molecule has 4 aromatic carbocycles. The van der Waals surface area contributed by atoms with Crippen LogP contribution in [0.25, 0.3) is 0 Å². The van der Waals surface area contributed by atoms with Gasteiger partial charge in [0.15, 0.2) is 0 Å². The zero-order chi connectivity index (χ0) is 50.9. The summed E-state index contributed by atoms with van der Waals surface area (Å²) < 4.78 is 105. The van der Waals surface area contributed by atoms with Gasteiger partial charge in [0.2, 0.25) is 10.2 Å². The number of furan rings is 2. The van der Waals surface area contributed by atoms with Gasteiger partial charge in [-0.1, -0.05) is 35.3 Å². The normalized spacial score (nSPS) is 15.3. The van der Waals surface area contributed by atoms with E-state index in [1.165, 1.54) is 32.9 Å². The van der Waals surface area contributed by atoms with Crippen molar-refractivity contribution in [2.75, 3.05) is 55.8 Å². The number of piperidine rings is 2. The third-order valence-electron chi connectivity index (χ3n) is 11.7. The molecular formula is C49H52Cl2F3N7O8S2. The Morgan fingerprint density at radius 1 is 0.606 bits per heavy atom. The minimum Gasteiger partial charge on any atom is -0.446 e. The Balaban J connectivity index is 0.000000209. The maximum absolute atomic E-state index is 13.1. The van der Waals surface area contributed by atoms with Crippen LogP contribution >= 0.6 is 23.2 Å². The molecule has 4 heterocycles. The lowest BCUT2D eigenvalue weighted by Gasteiger charge is -2.31. The van der Waals surface area contributed by atoms with Crippen LogP contribution in [0.3, 0.4) is 0 Å². The third-order valence-corrected chi connectivity index (χ3v) is 15.8. The number of anilines is 3. The highest BCUT2D eigenvalue weighted by molar-refractivity contribution is 7.89. The molecule has 22 heteroatoms. The first-order valence-electron chi connectivity index (χ1n) is 22.5. The Hall–Kier alpha value is -6.03. The maximum Gasteiger partial charge on any atom is 0.416 e. The van der Waals surface area contributed by atoms with Gasteiger partial charge in [0, 0.05) is 90.6 Å². The van der Waals surface area contributed by atoms with Gasteiger partial charge in [-0.05, 0) is 135 Å². The molecule has 2 aromatic heterocycles. The fourth-order valence-corrected chi connectivity index (χ4v) is 10.8. The van der Waals surface area contributed by atoms with Gasteiger partial charge < -0.3 is 35.0 Å². The number of alkyl halides is 3. The Bertz CT molecular complexity index is 2990. The summed E-state index contributed by atoms with van der Waals surface area (Å²) in [4.78, 5) is 26.5. The van der Waals surface area contributed by atoms with Gasteiger partial charge >= 0.3 is 6.18 Å². The number of carbonyl (C=O) groups is 2. The smallest absolute Gasteiger partial charge is 0.416 e. The zero-order valence-corrected chi connectivity index (χ0v) is 41.7. The largest absolute Gasteiger partial charge is 0.446 e. The van der Waals surface area contributed by atoms with E-state index in [4.69, 9.17) is 32.0 Å². The molecule has 0 spiro atoms. The molecule has 0 unspecified atom stereocenters. The average Bonchev–Trinajstić information content (AvgIpc) is 4.05. The second-order valence-corrected chi connectivity index (χ2v) is 21.6. The molecular weight excluding hydrogens is 1010 g/mol. The van der Waals surface area contributed by atoms with Crippen LogP contribution in [0.2, 0.25) is 10.0 Å². The van der Waals surface area contributed by atoms with E-state index in [1.807, 2.05) is 37.2 Å². The monoisotopic (exact) mass is 1060 g/mol. The number of rotatable bonds is 15. The van der Waals surface area contributed by atoms with Gasteiger partial charge in [0.25, 0.3) is 31.9 Å². The van der Waals surface area contributed by atoms with E-state index >= 15 is 0 Å². The van der Waals surface area contributed by atoms with E-state index in [9.17, 15) is 39.6 Å². The zero-order valence-electron chi connectivity index (χ0n) is 38.6. The summed E-state index contributed by atoms with van der Waals surface area (Å²) in [5, 5.41) is 12.7. The van der Waals surface area contributed by atoms with E-state index in [1.54, 1.807) is 60.7 Å². The van der Waals surface area contributed by atoms with Crippen LogP contribution in [0.5, 0.6) is 0 Å². The molecule has 6 aromatic rings. The predicted octanol–water partition coefficient (Wildman–Crippen LogP) is 9.34. The fraction of sp³-hybridized carbons (Fsp3) is 0.306. The number of sulfonamides is 2. The van der Waals surface area contributed by atoms with Crippen LogP contribution in [0, 0.1) is 0 Å². The Morgan fingerprint density at radius 2 is 1.01 bits per heavy atom. The average molecular weight is 1060 g/mol. The summed E-state index contributed by atoms with van der Waals surface area (Å²) in [5.74, 6) is -0.0174. The van der Waals surface area contributed by atoms with Crippen LogP contribution in [0.1, 0.15) is 63.5 Å². The minimum atomic E-state index is -4.43. The topological polar surface area (TPSA) is 187 Å². The highest BCUT2D eigenvalue weighted by atomic mass is 35.5. The van der Waals surface area contributed by atoms with Gasteiger partial charge in [-0.15, -0.1) is 0 Å². The second kappa shape index (κ2) is 23.0. The molecule has 2 fully saturated rings. The summed E-state index contributed by atoms with van der Waals surface area (Å²) in [6.45, 7) is 1.24. The van der Waals surface area contributed by atoms with Crippen molar-refractivity contribution >= 4 is 72.1 Å². The first-order chi connectivity index (χ1) is 33.7. The first kappa shape index (κ1) is 52.8. The lowest BCUT2D eigenvalue weighted by Crippen LogP contribution is -2.42. The summed E-state index contributed by atoms with van der Waals surface area (Å²) in [7, 11) is -3.65. The molecule has 0 bridgehead atoms. The van der Waals surface area contributed by atoms with Crippen molar-refractivity contribution in [1.29, 1.82) is 0 Å². The molecule has 0 aliphatic carbocycles. The summed E-state index contributed by atoms with van der Waals surface area (Å²) in [6, 6.07) is 31.7. The highest BCUT2D eigenvalue weighted by Crippen LogP contribution is 2.32. The van der Waals surface area contributed by atoms with E-state index in [2.05, 4.69) is 27.3 Å². The van der Waals surface area contributed by atoms with E-state index in [-0.39, 0.29) is 66.0 Å². The lowest BCUT2D eigenvalue weighted by molar-refractivity contribution is -0.137. The molecule has 0 atom stereocenters. The number of nitrogens with one attached hydrogen (secondary N) is 4. The van der Waals surface area contributed by atoms with Gasteiger partial charge in [-0.3, -0.25) is 9.59 Å². The molecule has 8 rings (SSSR count). The van der Waals surface area contributed by atoms with Crippen molar-refractivity contribution in [2.45, 2.75) is 67.2 Å². The number of halogens is 5. The fourth-order valence-electron chi connectivity index (χ4n) is 7.79. The molecule has 2 amide bonds. The number of hydrogen-bond acceptors (Lipinski definition) is 11. The Morgan fingerprint density at radius 3 is 1.42 bits per heavy atom. The lowest BCUT2D eigenvalue weighted by atomic mass is 10.1. The summed E-state index contributed by atoms with van der Waals surface area (Å²) in [6.07, 6.45) is -2.22. The van der Waals surface area contributed by atoms with E-state index in [0.717, 1.165) is 23.5 Å². The van der Waals surface area contributed by atoms with Crippen molar-refractivity contribution in [3.05, 3.63) is 160 Å². The first-order valence-corrected chi connectivity index (χ1v) is 26.1. The second-order valence-electron chi connectivity index (χ2n) is 17.0. The number of hydrogen-bond donors (Lipinski definition) is 4. The van der Waals surface area contributed by atoms with Crippen LogP contribution in [-0.4, -0.2) is 89.6 Å². The quantitative estimate of drug-likeness (QED) is 0.0768. The molecule has 71 heavy (non-hydrogen) atoms. The van der Waals surface area contributed by atoms with Crippen LogP contribution in [0.4, 0.5) is 30.2 Å². The third kappa shape index (κ3) is 14.1. The van der Waals surface area contributed by atoms with E-state index < -0.39 is 31.8 Å². The van der Waals surface area contributed by atoms with Crippen molar-refractivity contribution in [3.63, 3.8) is 0 Å². The molecule has 2 aliphatic rings. The van der Waals surface area contributed by atoms with Crippen LogP contribution in [-0.2, 0) is 39.3 Å².